The number of anilines is 1. The Bertz CT molecular complexity index is 2860. The van der Waals surface area contributed by atoms with Crippen molar-refractivity contribution in [3.05, 3.63) is 96.6 Å². The van der Waals surface area contributed by atoms with Crippen LogP contribution < -0.4 is 25.4 Å². The monoisotopic (exact) mass is 929 g/mol. The van der Waals surface area contributed by atoms with Crippen LogP contribution in [-0.4, -0.2) is 88.5 Å². The van der Waals surface area contributed by atoms with Gasteiger partial charge in [0.2, 0.25) is 27.4 Å². The fourth-order valence-electron chi connectivity index (χ4n) is 8.21. The third-order valence-corrected chi connectivity index (χ3v) is 13.8. The summed E-state index contributed by atoms with van der Waals surface area (Å²) < 4.78 is 81.2. The van der Waals surface area contributed by atoms with E-state index >= 15 is 4.79 Å². The first kappa shape index (κ1) is 46.0. The number of sulfonamides is 1. The molecule has 1 aliphatic heterocycles. The molecule has 3 aliphatic rings. The molecule has 3 aromatic carbocycles. The van der Waals surface area contributed by atoms with E-state index in [1.54, 1.807) is 48.5 Å². The number of benzene rings is 3. The van der Waals surface area contributed by atoms with Crippen LogP contribution >= 0.6 is 0 Å². The highest BCUT2D eigenvalue weighted by Crippen LogP contribution is 2.46. The molecule has 15 nitrogen and oxygen atoms in total. The van der Waals surface area contributed by atoms with Crippen molar-refractivity contribution < 1.29 is 49.9 Å². The van der Waals surface area contributed by atoms with Crippen molar-refractivity contribution in [1.29, 1.82) is 0 Å². The maximum atomic E-state index is 15.1. The molecule has 0 radical (unpaired) electrons. The van der Waals surface area contributed by atoms with Gasteiger partial charge >= 0.3 is 6.18 Å². The molecule has 0 bridgehead atoms. The number of fused-ring (bicyclic) bond motifs is 3. The number of para-hydroxylation sites is 1. The Morgan fingerprint density at radius 1 is 0.985 bits per heavy atom. The van der Waals surface area contributed by atoms with Gasteiger partial charge < -0.3 is 30.0 Å². The van der Waals surface area contributed by atoms with Crippen molar-refractivity contribution in [3.63, 3.8) is 0 Å². The predicted octanol–water partition coefficient (Wildman–Crippen LogP) is 6.74. The largest absolute Gasteiger partial charge is 0.470 e. The lowest BCUT2D eigenvalue weighted by molar-refractivity contribution is -0.141. The van der Waals surface area contributed by atoms with Crippen LogP contribution in [0.5, 0.6) is 5.88 Å². The zero-order valence-electron chi connectivity index (χ0n) is 36.9. The number of carbonyl (C=O) groups is 4. The van der Waals surface area contributed by atoms with Crippen molar-refractivity contribution in [2.45, 2.75) is 101 Å². The number of likely N-dealkylation sites (tertiary alicyclic amines) is 1. The lowest BCUT2D eigenvalue weighted by atomic mass is 9.85. The summed E-state index contributed by atoms with van der Waals surface area (Å²) in [7, 11) is -3.99. The van der Waals surface area contributed by atoms with Crippen molar-refractivity contribution >= 4 is 61.4 Å². The van der Waals surface area contributed by atoms with Gasteiger partial charge in [0.05, 0.1) is 17.4 Å². The topological polar surface area (TPSA) is 202 Å². The molecule has 2 saturated carbocycles. The van der Waals surface area contributed by atoms with Gasteiger partial charge in [0.25, 0.3) is 17.7 Å². The highest BCUT2D eigenvalue weighted by molar-refractivity contribution is 7.91. The average Bonchev–Trinajstić information content (AvgIpc) is 4.16. The number of furan rings is 1. The van der Waals surface area contributed by atoms with Crippen LogP contribution in [0.15, 0.2) is 89.9 Å². The number of hydrogen-bond acceptors (Lipinski definition) is 11. The van der Waals surface area contributed by atoms with Gasteiger partial charge in [-0.3, -0.25) is 23.9 Å². The van der Waals surface area contributed by atoms with Gasteiger partial charge in [0.1, 0.15) is 34.8 Å². The summed E-state index contributed by atoms with van der Waals surface area (Å²) in [5.41, 5.74) is -1.41. The van der Waals surface area contributed by atoms with Crippen LogP contribution in [0.25, 0.3) is 33.5 Å². The molecule has 5 atom stereocenters. The molecule has 66 heavy (non-hydrogen) atoms. The lowest BCUT2D eigenvalue weighted by Crippen LogP contribution is -2.58. The molecule has 2 aliphatic carbocycles. The van der Waals surface area contributed by atoms with Crippen LogP contribution in [0.1, 0.15) is 76.2 Å². The van der Waals surface area contributed by atoms with E-state index in [2.05, 4.69) is 37.2 Å². The molecule has 3 fully saturated rings. The number of amides is 4. The fraction of sp³-hybridized carbons (Fsp3) is 0.404. The van der Waals surface area contributed by atoms with Crippen LogP contribution in [0.4, 0.5) is 18.9 Å². The number of carbonyl (C=O) groups excluding carboxylic acids is 4. The molecular weight excluding hydrogens is 880 g/mol. The van der Waals surface area contributed by atoms with E-state index in [0.29, 0.717) is 40.6 Å². The maximum Gasteiger partial charge on any atom is 0.416 e. The molecule has 1 saturated heterocycles. The molecule has 348 valence electrons. The lowest BCUT2D eigenvalue weighted by Gasteiger charge is -2.36. The van der Waals surface area contributed by atoms with Crippen molar-refractivity contribution in [2.75, 3.05) is 11.9 Å². The molecule has 3 heterocycles. The Balaban J connectivity index is 1.15. The number of aromatic nitrogens is 2. The fourth-order valence-corrected chi connectivity index (χ4v) is 9.58. The molecule has 0 spiro atoms. The smallest absolute Gasteiger partial charge is 0.416 e. The summed E-state index contributed by atoms with van der Waals surface area (Å²) in [6, 6.07) is 15.5. The Hall–Kier alpha value is -6.50. The minimum Gasteiger partial charge on any atom is -0.470 e. The number of rotatable bonds is 14. The zero-order valence-corrected chi connectivity index (χ0v) is 37.7. The van der Waals surface area contributed by atoms with Gasteiger partial charge in [-0.25, -0.2) is 13.4 Å². The second-order valence-corrected chi connectivity index (χ2v) is 20.5. The Morgan fingerprint density at radius 2 is 1.70 bits per heavy atom. The van der Waals surface area contributed by atoms with Crippen LogP contribution in [0.2, 0.25) is 0 Å². The highest BCUT2D eigenvalue weighted by Gasteiger charge is 2.62. The Morgan fingerprint density at radius 3 is 2.33 bits per heavy atom. The van der Waals surface area contributed by atoms with E-state index in [0.717, 1.165) is 12.1 Å². The summed E-state index contributed by atoms with van der Waals surface area (Å²) in [5, 5.41) is 8.81. The van der Waals surface area contributed by atoms with E-state index in [-0.39, 0.29) is 54.2 Å². The van der Waals surface area contributed by atoms with Gasteiger partial charge in [0.15, 0.2) is 5.82 Å². The first-order valence-corrected chi connectivity index (χ1v) is 23.1. The van der Waals surface area contributed by atoms with Gasteiger partial charge in [-0.2, -0.15) is 18.2 Å². The van der Waals surface area contributed by atoms with Crippen molar-refractivity contribution in [1.82, 2.24) is 30.2 Å². The second-order valence-electron chi connectivity index (χ2n) is 18.5. The van der Waals surface area contributed by atoms with Crippen molar-refractivity contribution in [3.8, 4) is 17.3 Å². The summed E-state index contributed by atoms with van der Waals surface area (Å²) >= 11 is 0. The predicted molar refractivity (Wildman–Crippen MR) is 239 cm³/mol. The molecule has 0 unspecified atom stereocenters. The standard InChI is InChI=1S/C47H50F3N7O8S/c1-7-28-23-46(28,44(61)56-66(62,63)32-19-20-32)55-41(59)34-22-31(24-57(34)43(60)38(45(4,5)6)52-30-12-10-11-27(21-30)40(58)51-25(2)3)64-42-37-36(33-13-8-9-14-35(33)65-37)53-39(54-42)26-15-17-29(18-16-26)47(48,49)50/h7-18,21,25,28,31-32,34,38,52H,1,19-20,22-24H2,2-6H3,(H,51,58)(H,55,59)(H,56,61)/t28-,31-,34+,38-,46-/m1/s1. The Labute approximate surface area is 379 Å². The second kappa shape index (κ2) is 17.1. The van der Waals surface area contributed by atoms with E-state index < -0.39 is 79.8 Å². The van der Waals surface area contributed by atoms with E-state index in [4.69, 9.17) is 9.15 Å². The van der Waals surface area contributed by atoms with Crippen LogP contribution in [0.3, 0.4) is 0 Å². The highest BCUT2D eigenvalue weighted by atomic mass is 32.2. The van der Waals surface area contributed by atoms with Gasteiger partial charge in [-0.1, -0.05) is 57.2 Å². The maximum absolute atomic E-state index is 15.1. The Kier molecular flexibility index (Phi) is 11.9. The number of alkyl halides is 3. The molecule has 8 rings (SSSR count). The molecule has 19 heteroatoms. The minimum atomic E-state index is -4.58. The number of halogens is 3. The third-order valence-electron chi connectivity index (χ3n) is 12.0. The molecule has 4 N–H and O–H groups in total. The van der Waals surface area contributed by atoms with Gasteiger partial charge in [-0.05, 0) is 81.0 Å². The summed E-state index contributed by atoms with van der Waals surface area (Å²) in [6.45, 7) is 12.8. The van der Waals surface area contributed by atoms with Crippen LogP contribution in [0, 0.1) is 11.3 Å². The number of ether oxygens (including phenoxy) is 1. The zero-order chi connectivity index (χ0) is 47.5. The number of nitrogens with one attached hydrogen (secondary N) is 4. The quantitative estimate of drug-likeness (QED) is 0.0859. The minimum absolute atomic E-state index is 0.0256. The van der Waals surface area contributed by atoms with Gasteiger partial charge in [0, 0.05) is 40.6 Å². The first-order chi connectivity index (χ1) is 31.1. The molecule has 4 amide bonds. The third kappa shape index (κ3) is 9.30. The summed E-state index contributed by atoms with van der Waals surface area (Å²) in [5.74, 6) is -3.17. The molecule has 2 aromatic heterocycles. The van der Waals surface area contributed by atoms with Crippen LogP contribution in [-0.2, 0) is 30.6 Å². The number of nitrogens with zero attached hydrogens (tertiary/aromatic N) is 3. The van der Waals surface area contributed by atoms with Gasteiger partial charge in [-0.15, -0.1) is 6.58 Å². The van der Waals surface area contributed by atoms with E-state index in [1.165, 1.54) is 23.1 Å². The summed E-state index contributed by atoms with van der Waals surface area (Å²) in [6.07, 6.45) is -3.34. The average molecular weight is 930 g/mol. The van der Waals surface area contributed by atoms with Crippen molar-refractivity contribution in [2.24, 2.45) is 11.3 Å². The normalized spacial score (nSPS) is 21.3. The summed E-state index contributed by atoms with van der Waals surface area (Å²) in [4.78, 5) is 67.1. The van der Waals surface area contributed by atoms with E-state index in [9.17, 15) is 36.0 Å². The number of hydrogen-bond donors (Lipinski definition) is 4. The molecular formula is C47H50F3N7O8S. The van der Waals surface area contributed by atoms with E-state index in [1.807, 2.05) is 34.6 Å². The SMILES string of the molecule is C=C[C@@H]1C[C@]1(NC(=O)[C@@H]1C[C@@H](Oc2nc(-c3ccc(C(F)(F)F)cc3)nc3c2oc2ccccc23)CN1C(=O)[C@@H](Nc1cccc(C(=O)NC(C)C)c1)C(C)(C)C)C(=O)NS(=O)(=O)C1CC1. The first-order valence-electron chi connectivity index (χ1n) is 21.6. The molecule has 5 aromatic rings.